The largest absolute Gasteiger partial charge is 0.496 e. The molecule has 0 heterocycles. The van der Waals surface area contributed by atoms with E-state index in [0.717, 1.165) is 17.7 Å². The van der Waals surface area contributed by atoms with E-state index in [-0.39, 0.29) is 5.92 Å². The second-order valence-corrected chi connectivity index (χ2v) is 4.91. The molecule has 0 radical (unpaired) electrons. The molecular formula is C14H22FNO. The second-order valence-electron chi connectivity index (χ2n) is 4.91. The zero-order chi connectivity index (χ0) is 13.1. The quantitative estimate of drug-likeness (QED) is 0.855. The molecule has 0 aromatic heterocycles. The summed E-state index contributed by atoms with van der Waals surface area (Å²) in [5, 5.41) is 0. The Labute approximate surface area is 103 Å². The van der Waals surface area contributed by atoms with Gasteiger partial charge in [-0.3, -0.25) is 0 Å². The van der Waals surface area contributed by atoms with Crippen LogP contribution < -0.4 is 10.5 Å². The molecule has 1 unspecified atom stereocenters. The van der Waals surface area contributed by atoms with Crippen molar-refractivity contribution in [2.24, 2.45) is 5.73 Å². The van der Waals surface area contributed by atoms with Gasteiger partial charge in [-0.15, -0.1) is 0 Å². The molecule has 2 N–H and O–H groups in total. The van der Waals surface area contributed by atoms with Gasteiger partial charge in [-0.25, -0.2) is 4.39 Å². The highest BCUT2D eigenvalue weighted by atomic mass is 19.1. The predicted octanol–water partition coefficient (Wildman–Crippen LogP) is 3.35. The molecule has 0 aliphatic rings. The van der Waals surface area contributed by atoms with Gasteiger partial charge < -0.3 is 10.5 Å². The number of methoxy groups -OCH3 is 1. The molecule has 0 aliphatic carbocycles. The van der Waals surface area contributed by atoms with E-state index in [9.17, 15) is 4.39 Å². The SMILES string of the molecule is COc1ccc(C(C)(C)F)cc1C(C)CCN. The molecular weight excluding hydrogens is 217 g/mol. The Bertz CT molecular complexity index is 371. The summed E-state index contributed by atoms with van der Waals surface area (Å²) in [4.78, 5) is 0. The highest BCUT2D eigenvalue weighted by molar-refractivity contribution is 5.41. The van der Waals surface area contributed by atoms with Crippen molar-refractivity contribution in [3.63, 3.8) is 0 Å². The maximum absolute atomic E-state index is 13.9. The molecule has 1 atom stereocenters. The number of alkyl halides is 1. The van der Waals surface area contributed by atoms with Crippen molar-refractivity contribution < 1.29 is 9.13 Å². The molecule has 17 heavy (non-hydrogen) atoms. The van der Waals surface area contributed by atoms with E-state index in [4.69, 9.17) is 10.5 Å². The predicted molar refractivity (Wildman–Crippen MR) is 69.2 cm³/mol. The maximum Gasteiger partial charge on any atom is 0.130 e. The molecule has 1 aromatic rings. The fourth-order valence-corrected chi connectivity index (χ4v) is 1.89. The van der Waals surface area contributed by atoms with Crippen LogP contribution in [-0.4, -0.2) is 13.7 Å². The number of hydrogen-bond donors (Lipinski definition) is 1. The van der Waals surface area contributed by atoms with Crippen LogP contribution in [0.2, 0.25) is 0 Å². The summed E-state index contributed by atoms with van der Waals surface area (Å²) in [6.45, 7) is 5.83. The first-order valence-corrected chi connectivity index (χ1v) is 5.97. The zero-order valence-electron chi connectivity index (χ0n) is 11.1. The highest BCUT2D eigenvalue weighted by Crippen LogP contribution is 2.34. The summed E-state index contributed by atoms with van der Waals surface area (Å²) >= 11 is 0. The van der Waals surface area contributed by atoms with Gasteiger partial charge in [-0.2, -0.15) is 0 Å². The molecule has 0 saturated carbocycles. The van der Waals surface area contributed by atoms with Gasteiger partial charge >= 0.3 is 0 Å². The molecule has 0 bridgehead atoms. The Morgan fingerprint density at radius 1 is 1.41 bits per heavy atom. The number of benzene rings is 1. The first kappa shape index (κ1) is 14.0. The van der Waals surface area contributed by atoms with Gasteiger partial charge in [0.05, 0.1) is 7.11 Å². The average molecular weight is 239 g/mol. The highest BCUT2D eigenvalue weighted by Gasteiger charge is 2.21. The number of ether oxygens (including phenoxy) is 1. The van der Waals surface area contributed by atoms with Crippen LogP contribution in [0.25, 0.3) is 0 Å². The lowest BCUT2D eigenvalue weighted by Gasteiger charge is -2.20. The molecule has 2 nitrogen and oxygen atoms in total. The summed E-state index contributed by atoms with van der Waals surface area (Å²) in [7, 11) is 1.63. The van der Waals surface area contributed by atoms with Crippen molar-refractivity contribution in [3.8, 4) is 5.75 Å². The summed E-state index contributed by atoms with van der Waals surface area (Å²) in [5.74, 6) is 1.08. The summed E-state index contributed by atoms with van der Waals surface area (Å²) < 4.78 is 19.2. The van der Waals surface area contributed by atoms with E-state index >= 15 is 0 Å². The van der Waals surface area contributed by atoms with E-state index in [2.05, 4.69) is 6.92 Å². The van der Waals surface area contributed by atoms with Gasteiger partial charge in [0.25, 0.3) is 0 Å². The zero-order valence-corrected chi connectivity index (χ0v) is 11.1. The topological polar surface area (TPSA) is 35.2 Å². The fourth-order valence-electron chi connectivity index (χ4n) is 1.89. The average Bonchev–Trinajstić information content (AvgIpc) is 2.27. The maximum atomic E-state index is 13.9. The van der Waals surface area contributed by atoms with E-state index in [1.165, 1.54) is 0 Å². The third-order valence-corrected chi connectivity index (χ3v) is 3.05. The third-order valence-electron chi connectivity index (χ3n) is 3.05. The minimum atomic E-state index is -1.33. The van der Waals surface area contributed by atoms with Gasteiger partial charge in [0.2, 0.25) is 0 Å². The first-order valence-electron chi connectivity index (χ1n) is 5.97. The number of halogens is 1. The van der Waals surface area contributed by atoms with Crippen molar-refractivity contribution >= 4 is 0 Å². The Morgan fingerprint density at radius 3 is 2.53 bits per heavy atom. The van der Waals surface area contributed by atoms with Crippen molar-refractivity contribution in [2.75, 3.05) is 13.7 Å². The van der Waals surface area contributed by atoms with E-state index in [1.54, 1.807) is 27.0 Å². The van der Waals surface area contributed by atoms with Crippen LogP contribution in [0.5, 0.6) is 5.75 Å². The molecule has 0 aliphatic heterocycles. The van der Waals surface area contributed by atoms with Gasteiger partial charge in [0, 0.05) is 0 Å². The van der Waals surface area contributed by atoms with Crippen LogP contribution in [-0.2, 0) is 5.67 Å². The minimum Gasteiger partial charge on any atom is -0.496 e. The monoisotopic (exact) mass is 239 g/mol. The van der Waals surface area contributed by atoms with E-state index in [1.807, 2.05) is 12.1 Å². The fraction of sp³-hybridized carbons (Fsp3) is 0.571. The molecule has 96 valence electrons. The van der Waals surface area contributed by atoms with Crippen LogP contribution in [0, 0.1) is 0 Å². The summed E-state index contributed by atoms with van der Waals surface area (Å²) in [6.07, 6.45) is 0.868. The van der Waals surface area contributed by atoms with Crippen LogP contribution in [0.1, 0.15) is 44.2 Å². The molecule has 1 rings (SSSR count). The lowest BCUT2D eigenvalue weighted by molar-refractivity contribution is 0.221. The van der Waals surface area contributed by atoms with Gasteiger partial charge in [-0.1, -0.05) is 13.0 Å². The second kappa shape index (κ2) is 5.50. The van der Waals surface area contributed by atoms with E-state index < -0.39 is 5.67 Å². The normalized spacial score (nSPS) is 13.5. The van der Waals surface area contributed by atoms with Gasteiger partial charge in [-0.05, 0) is 56.0 Å². The molecule has 0 saturated heterocycles. The number of rotatable bonds is 5. The molecule has 3 heteroatoms. The Kier molecular flexibility index (Phi) is 4.52. The Morgan fingerprint density at radius 2 is 2.06 bits per heavy atom. The van der Waals surface area contributed by atoms with Crippen LogP contribution in [0.3, 0.4) is 0 Å². The van der Waals surface area contributed by atoms with Crippen molar-refractivity contribution in [3.05, 3.63) is 29.3 Å². The molecule has 0 fully saturated rings. The third kappa shape index (κ3) is 3.43. The first-order chi connectivity index (χ1) is 7.90. The standard InChI is InChI=1S/C14H22FNO/c1-10(7-8-16)12-9-11(14(2,3)15)5-6-13(12)17-4/h5-6,9-10H,7-8,16H2,1-4H3. The lowest BCUT2D eigenvalue weighted by Crippen LogP contribution is -2.11. The van der Waals surface area contributed by atoms with Crippen molar-refractivity contribution in [2.45, 2.75) is 38.8 Å². The molecule has 1 aromatic carbocycles. The van der Waals surface area contributed by atoms with E-state index in [0.29, 0.717) is 12.1 Å². The minimum absolute atomic E-state index is 0.275. The Hall–Kier alpha value is -1.09. The summed E-state index contributed by atoms with van der Waals surface area (Å²) in [5.41, 5.74) is 5.94. The smallest absolute Gasteiger partial charge is 0.130 e. The van der Waals surface area contributed by atoms with Crippen molar-refractivity contribution in [1.82, 2.24) is 0 Å². The number of hydrogen-bond acceptors (Lipinski definition) is 2. The molecule has 0 spiro atoms. The number of nitrogens with two attached hydrogens (primary N) is 1. The van der Waals surface area contributed by atoms with Crippen LogP contribution in [0.4, 0.5) is 4.39 Å². The van der Waals surface area contributed by atoms with Crippen LogP contribution >= 0.6 is 0 Å². The Balaban J connectivity index is 3.15. The van der Waals surface area contributed by atoms with Gasteiger partial charge in [0.1, 0.15) is 11.4 Å². The van der Waals surface area contributed by atoms with Crippen molar-refractivity contribution in [1.29, 1.82) is 0 Å². The van der Waals surface area contributed by atoms with Gasteiger partial charge in [0.15, 0.2) is 0 Å². The lowest BCUT2D eigenvalue weighted by atomic mass is 9.91. The summed E-state index contributed by atoms with van der Waals surface area (Å²) in [6, 6.07) is 5.50. The van der Waals surface area contributed by atoms with Crippen LogP contribution in [0.15, 0.2) is 18.2 Å². The molecule has 0 amide bonds.